The first kappa shape index (κ1) is 17.8. The van der Waals surface area contributed by atoms with E-state index in [0.717, 1.165) is 25.0 Å². The molecule has 27 heavy (non-hydrogen) atoms. The van der Waals surface area contributed by atoms with Gasteiger partial charge in [0.25, 0.3) is 5.56 Å². The van der Waals surface area contributed by atoms with Gasteiger partial charge in [-0.15, -0.1) is 0 Å². The first-order valence-corrected chi connectivity index (χ1v) is 9.61. The van der Waals surface area contributed by atoms with Gasteiger partial charge in [0.2, 0.25) is 11.8 Å². The molecule has 0 unspecified atom stereocenters. The summed E-state index contributed by atoms with van der Waals surface area (Å²) in [5.74, 6) is 0.212. The van der Waals surface area contributed by atoms with Crippen LogP contribution < -0.4 is 5.56 Å². The molecule has 2 saturated heterocycles. The summed E-state index contributed by atoms with van der Waals surface area (Å²) in [5.41, 5.74) is 2.09. The normalized spacial score (nSPS) is 21.9. The number of aryl methyl sites for hydroxylation is 1. The highest BCUT2D eigenvalue weighted by atomic mass is 16.2. The number of piperidine rings is 1. The second-order valence-electron chi connectivity index (χ2n) is 7.63. The van der Waals surface area contributed by atoms with Crippen LogP contribution in [0.2, 0.25) is 0 Å². The maximum absolute atomic E-state index is 12.9. The molecule has 0 saturated carbocycles. The van der Waals surface area contributed by atoms with Crippen molar-refractivity contribution in [2.75, 3.05) is 19.6 Å². The van der Waals surface area contributed by atoms with E-state index in [4.69, 9.17) is 0 Å². The SMILES string of the molecule is Cc1cc(=O)n2[nH]c([C@H]3CCCN(C(=O)[C@H](C)N4CCCC4=O)C3)cc2n1. The van der Waals surface area contributed by atoms with E-state index in [-0.39, 0.29) is 23.3 Å². The van der Waals surface area contributed by atoms with E-state index in [2.05, 4.69) is 10.1 Å². The standard InChI is InChI=1S/C19H25N5O3/c1-12-9-18(26)24-16(20-12)10-15(21-24)14-5-3-7-22(11-14)19(27)13(2)23-8-4-6-17(23)25/h9-10,13-14,21H,3-8,11H2,1-2H3/t13-,14-/m0/s1. The van der Waals surface area contributed by atoms with Crippen molar-refractivity contribution in [3.8, 4) is 0 Å². The van der Waals surface area contributed by atoms with Gasteiger partial charge in [0.1, 0.15) is 6.04 Å². The molecular formula is C19H25N5O3. The second-order valence-corrected chi connectivity index (χ2v) is 7.63. The first-order valence-electron chi connectivity index (χ1n) is 9.61. The molecule has 1 N–H and O–H groups in total. The van der Waals surface area contributed by atoms with Gasteiger partial charge in [-0.3, -0.25) is 19.5 Å². The predicted molar refractivity (Wildman–Crippen MR) is 99.5 cm³/mol. The third kappa shape index (κ3) is 3.24. The molecule has 0 spiro atoms. The van der Waals surface area contributed by atoms with Gasteiger partial charge in [0.05, 0.1) is 0 Å². The molecule has 2 fully saturated rings. The van der Waals surface area contributed by atoms with Crippen LogP contribution in [0, 0.1) is 6.92 Å². The number of H-pyrrole nitrogens is 1. The Balaban J connectivity index is 1.52. The summed E-state index contributed by atoms with van der Waals surface area (Å²) in [5, 5.41) is 3.15. The number of rotatable bonds is 3. The Morgan fingerprint density at radius 2 is 2.07 bits per heavy atom. The van der Waals surface area contributed by atoms with Crippen LogP contribution in [0.15, 0.2) is 16.9 Å². The Labute approximate surface area is 157 Å². The number of carbonyl (C=O) groups excluding carboxylic acids is 2. The lowest BCUT2D eigenvalue weighted by molar-refractivity contribution is -0.143. The van der Waals surface area contributed by atoms with Crippen LogP contribution in [0.1, 0.15) is 49.9 Å². The Hall–Kier alpha value is -2.64. The van der Waals surface area contributed by atoms with Gasteiger partial charge in [-0.1, -0.05) is 0 Å². The Morgan fingerprint density at radius 3 is 2.81 bits per heavy atom. The first-order chi connectivity index (χ1) is 12.9. The van der Waals surface area contributed by atoms with Crippen LogP contribution in [0.3, 0.4) is 0 Å². The topological polar surface area (TPSA) is 90.8 Å². The number of fused-ring (bicyclic) bond motifs is 1. The van der Waals surface area contributed by atoms with Crippen molar-refractivity contribution in [1.29, 1.82) is 0 Å². The zero-order valence-electron chi connectivity index (χ0n) is 15.8. The molecule has 2 aromatic heterocycles. The van der Waals surface area contributed by atoms with Crippen molar-refractivity contribution in [2.24, 2.45) is 0 Å². The lowest BCUT2D eigenvalue weighted by Gasteiger charge is -2.36. The molecule has 4 heterocycles. The Morgan fingerprint density at radius 1 is 1.26 bits per heavy atom. The molecule has 2 atom stereocenters. The molecular weight excluding hydrogens is 346 g/mol. The quantitative estimate of drug-likeness (QED) is 0.873. The molecule has 8 heteroatoms. The molecule has 2 aliphatic rings. The molecule has 0 radical (unpaired) electrons. The van der Waals surface area contributed by atoms with E-state index in [9.17, 15) is 14.4 Å². The minimum atomic E-state index is -0.409. The fourth-order valence-corrected chi connectivity index (χ4v) is 4.25. The van der Waals surface area contributed by atoms with Gasteiger partial charge >= 0.3 is 0 Å². The number of nitrogens with one attached hydrogen (secondary N) is 1. The van der Waals surface area contributed by atoms with E-state index in [1.54, 1.807) is 11.8 Å². The zero-order valence-corrected chi connectivity index (χ0v) is 15.8. The maximum Gasteiger partial charge on any atom is 0.272 e. The summed E-state index contributed by atoms with van der Waals surface area (Å²) in [4.78, 5) is 45.0. The highest BCUT2D eigenvalue weighted by molar-refractivity contribution is 5.88. The largest absolute Gasteiger partial charge is 0.340 e. The van der Waals surface area contributed by atoms with Crippen molar-refractivity contribution in [3.63, 3.8) is 0 Å². The molecule has 2 aromatic rings. The summed E-state index contributed by atoms with van der Waals surface area (Å²) >= 11 is 0. The fraction of sp³-hybridized carbons (Fsp3) is 0.579. The summed E-state index contributed by atoms with van der Waals surface area (Å²) < 4.78 is 1.45. The number of nitrogens with zero attached hydrogens (tertiary/aromatic N) is 4. The Bertz CT molecular complexity index is 946. The van der Waals surface area contributed by atoms with Crippen LogP contribution in [0.4, 0.5) is 0 Å². The zero-order chi connectivity index (χ0) is 19.1. The lowest BCUT2D eigenvalue weighted by Crippen LogP contribution is -2.50. The average molecular weight is 371 g/mol. The van der Waals surface area contributed by atoms with Crippen LogP contribution in [-0.4, -0.2) is 61.9 Å². The third-order valence-electron chi connectivity index (χ3n) is 5.71. The van der Waals surface area contributed by atoms with E-state index >= 15 is 0 Å². The van der Waals surface area contributed by atoms with Gasteiger partial charge < -0.3 is 9.80 Å². The monoisotopic (exact) mass is 371 g/mol. The number of aromatic amines is 1. The highest BCUT2D eigenvalue weighted by Crippen LogP contribution is 2.27. The molecule has 8 nitrogen and oxygen atoms in total. The van der Waals surface area contributed by atoms with Crippen LogP contribution in [-0.2, 0) is 9.59 Å². The second kappa shape index (κ2) is 6.83. The number of carbonyl (C=O) groups is 2. The summed E-state index contributed by atoms with van der Waals surface area (Å²) in [6, 6.07) is 2.99. The van der Waals surface area contributed by atoms with E-state index in [1.807, 2.05) is 17.9 Å². The van der Waals surface area contributed by atoms with E-state index < -0.39 is 6.04 Å². The number of likely N-dealkylation sites (tertiary alicyclic amines) is 2. The highest BCUT2D eigenvalue weighted by Gasteiger charge is 2.34. The minimum absolute atomic E-state index is 0.0113. The summed E-state index contributed by atoms with van der Waals surface area (Å²) in [7, 11) is 0. The number of hydrogen-bond donors (Lipinski definition) is 1. The molecule has 0 aliphatic carbocycles. The van der Waals surface area contributed by atoms with Crippen molar-refractivity contribution >= 4 is 17.5 Å². The molecule has 0 aromatic carbocycles. The van der Waals surface area contributed by atoms with Gasteiger partial charge in [0, 0.05) is 55.5 Å². The van der Waals surface area contributed by atoms with Crippen molar-refractivity contribution in [2.45, 2.75) is 51.5 Å². The number of amides is 2. The molecule has 2 amide bonds. The fourth-order valence-electron chi connectivity index (χ4n) is 4.25. The summed E-state index contributed by atoms with van der Waals surface area (Å²) in [6.45, 7) is 5.59. The number of aromatic nitrogens is 3. The average Bonchev–Trinajstić information content (AvgIpc) is 3.27. The number of hydrogen-bond acceptors (Lipinski definition) is 4. The van der Waals surface area contributed by atoms with E-state index in [0.29, 0.717) is 37.4 Å². The van der Waals surface area contributed by atoms with Crippen LogP contribution in [0.5, 0.6) is 0 Å². The smallest absolute Gasteiger partial charge is 0.272 e. The van der Waals surface area contributed by atoms with E-state index in [1.165, 1.54) is 10.6 Å². The van der Waals surface area contributed by atoms with Gasteiger partial charge in [-0.25, -0.2) is 9.50 Å². The molecule has 2 aliphatic heterocycles. The summed E-state index contributed by atoms with van der Waals surface area (Å²) in [6.07, 6.45) is 3.21. The Kier molecular flexibility index (Phi) is 4.49. The van der Waals surface area contributed by atoms with Crippen LogP contribution >= 0.6 is 0 Å². The van der Waals surface area contributed by atoms with Crippen LogP contribution in [0.25, 0.3) is 5.65 Å². The molecule has 4 rings (SSSR count). The minimum Gasteiger partial charge on any atom is -0.340 e. The van der Waals surface area contributed by atoms with Crippen molar-refractivity contribution in [3.05, 3.63) is 33.9 Å². The molecule has 0 bridgehead atoms. The van der Waals surface area contributed by atoms with Crippen molar-refractivity contribution < 1.29 is 9.59 Å². The predicted octanol–water partition coefficient (Wildman–Crippen LogP) is 1.05. The van der Waals surface area contributed by atoms with Crippen molar-refractivity contribution in [1.82, 2.24) is 24.4 Å². The lowest BCUT2D eigenvalue weighted by atomic mass is 9.94. The molecule has 144 valence electrons. The maximum atomic E-state index is 12.9. The van der Waals surface area contributed by atoms with Gasteiger partial charge in [0.15, 0.2) is 5.65 Å². The van der Waals surface area contributed by atoms with Gasteiger partial charge in [-0.05, 0) is 33.1 Å². The third-order valence-corrected chi connectivity index (χ3v) is 5.71. The van der Waals surface area contributed by atoms with Gasteiger partial charge in [-0.2, -0.15) is 0 Å².